The maximum absolute atomic E-state index is 12.4. The van der Waals surface area contributed by atoms with Crippen LogP contribution in [0.1, 0.15) is 12.5 Å². The Balaban J connectivity index is 1.47. The van der Waals surface area contributed by atoms with Crippen LogP contribution in [0.4, 0.5) is 5.13 Å². The molecule has 1 aromatic heterocycles. The summed E-state index contributed by atoms with van der Waals surface area (Å²) >= 11 is 1.64. The van der Waals surface area contributed by atoms with E-state index < -0.39 is 6.04 Å². The van der Waals surface area contributed by atoms with Crippen molar-refractivity contribution in [2.45, 2.75) is 19.4 Å². The number of Topliss-reactive ketones (excluding diaryl/α,β-unsaturated/α-hetero) is 1. The fourth-order valence-electron chi connectivity index (χ4n) is 3.06. The number of piperazine rings is 1. The molecular weight excluding hydrogens is 348 g/mol. The highest BCUT2D eigenvalue weighted by Crippen LogP contribution is 2.18. The van der Waals surface area contributed by atoms with Crippen LogP contribution in [-0.2, 0) is 16.0 Å². The Morgan fingerprint density at radius 3 is 2.54 bits per heavy atom. The van der Waals surface area contributed by atoms with Gasteiger partial charge >= 0.3 is 0 Å². The van der Waals surface area contributed by atoms with Crippen LogP contribution in [0, 0.1) is 0 Å². The third-order valence-corrected chi connectivity index (χ3v) is 5.37. The first-order valence-electron chi connectivity index (χ1n) is 8.82. The van der Waals surface area contributed by atoms with Crippen molar-refractivity contribution in [2.24, 2.45) is 0 Å². The van der Waals surface area contributed by atoms with Gasteiger partial charge in [0.05, 0.1) is 12.6 Å². The molecule has 1 atom stereocenters. The molecule has 0 radical (unpaired) electrons. The van der Waals surface area contributed by atoms with Crippen LogP contribution in [0.3, 0.4) is 0 Å². The molecule has 1 amide bonds. The first kappa shape index (κ1) is 18.5. The van der Waals surface area contributed by atoms with Crippen LogP contribution >= 0.6 is 11.3 Å². The second-order valence-electron chi connectivity index (χ2n) is 6.50. The van der Waals surface area contributed by atoms with Crippen molar-refractivity contribution in [1.82, 2.24) is 15.2 Å². The molecule has 2 aromatic rings. The van der Waals surface area contributed by atoms with Gasteiger partial charge in [-0.1, -0.05) is 30.3 Å². The van der Waals surface area contributed by atoms with Gasteiger partial charge in [0.15, 0.2) is 10.9 Å². The minimum atomic E-state index is -0.471. The summed E-state index contributed by atoms with van der Waals surface area (Å²) in [4.78, 5) is 33.0. The summed E-state index contributed by atoms with van der Waals surface area (Å²) in [6.07, 6.45) is 2.34. The predicted octanol–water partition coefficient (Wildman–Crippen LogP) is 1.58. The second-order valence-corrected chi connectivity index (χ2v) is 7.37. The molecule has 0 aliphatic carbocycles. The van der Waals surface area contributed by atoms with Crippen LogP contribution in [0.25, 0.3) is 0 Å². The number of ketones is 1. The number of aromatic nitrogens is 1. The molecule has 1 N–H and O–H groups in total. The zero-order valence-corrected chi connectivity index (χ0v) is 15.7. The molecule has 1 fully saturated rings. The molecule has 1 aliphatic rings. The van der Waals surface area contributed by atoms with Gasteiger partial charge < -0.3 is 10.2 Å². The Hall–Kier alpha value is -2.25. The molecular formula is C19H24N4O2S. The highest BCUT2D eigenvalue weighted by atomic mass is 32.1. The van der Waals surface area contributed by atoms with Crippen LogP contribution < -0.4 is 10.2 Å². The molecule has 0 unspecified atom stereocenters. The van der Waals surface area contributed by atoms with Crippen molar-refractivity contribution in [1.29, 1.82) is 0 Å². The highest BCUT2D eigenvalue weighted by Gasteiger charge is 2.23. The zero-order valence-electron chi connectivity index (χ0n) is 14.9. The number of carbonyl (C=O) groups is 2. The summed E-state index contributed by atoms with van der Waals surface area (Å²) < 4.78 is 0. The summed E-state index contributed by atoms with van der Waals surface area (Å²) in [5.74, 6) is -0.111. The van der Waals surface area contributed by atoms with Gasteiger partial charge in [-0.05, 0) is 18.9 Å². The fraction of sp³-hybridized carbons (Fsp3) is 0.421. The van der Waals surface area contributed by atoms with Gasteiger partial charge in [-0.25, -0.2) is 4.98 Å². The summed E-state index contributed by atoms with van der Waals surface area (Å²) in [6, 6.07) is 9.30. The van der Waals surface area contributed by atoms with Gasteiger partial charge in [-0.15, -0.1) is 11.3 Å². The van der Waals surface area contributed by atoms with Crippen molar-refractivity contribution >= 4 is 28.2 Å². The van der Waals surface area contributed by atoms with E-state index in [1.807, 2.05) is 41.9 Å². The molecule has 0 saturated carbocycles. The van der Waals surface area contributed by atoms with Crippen molar-refractivity contribution < 1.29 is 9.59 Å². The lowest BCUT2D eigenvalue weighted by Crippen LogP contribution is -2.51. The summed E-state index contributed by atoms with van der Waals surface area (Å²) in [5, 5.41) is 5.91. The summed E-state index contributed by atoms with van der Waals surface area (Å²) in [6.45, 7) is 5.21. The smallest absolute Gasteiger partial charge is 0.234 e. The van der Waals surface area contributed by atoms with Crippen LogP contribution in [-0.4, -0.2) is 60.3 Å². The Morgan fingerprint density at radius 2 is 1.92 bits per heavy atom. The van der Waals surface area contributed by atoms with Crippen LogP contribution in [0.15, 0.2) is 41.9 Å². The van der Waals surface area contributed by atoms with Gasteiger partial charge in [-0.3, -0.25) is 14.5 Å². The maximum atomic E-state index is 12.4. The molecule has 1 saturated heterocycles. The number of hydrogen-bond acceptors (Lipinski definition) is 6. The number of anilines is 1. The van der Waals surface area contributed by atoms with Crippen molar-refractivity contribution in [3.8, 4) is 0 Å². The third-order valence-electron chi connectivity index (χ3n) is 4.54. The minimum absolute atomic E-state index is 0.0178. The van der Waals surface area contributed by atoms with Gasteiger partial charge in [0.2, 0.25) is 5.91 Å². The third kappa shape index (κ3) is 5.12. The lowest BCUT2D eigenvalue weighted by Gasteiger charge is -2.34. The highest BCUT2D eigenvalue weighted by molar-refractivity contribution is 7.13. The molecule has 0 bridgehead atoms. The molecule has 0 spiro atoms. The Labute approximate surface area is 157 Å². The van der Waals surface area contributed by atoms with Gasteiger partial charge in [0.25, 0.3) is 0 Å². The first-order valence-corrected chi connectivity index (χ1v) is 9.70. The monoisotopic (exact) mass is 372 g/mol. The number of carbonyl (C=O) groups excluding carboxylic acids is 2. The maximum Gasteiger partial charge on any atom is 0.234 e. The average molecular weight is 372 g/mol. The van der Waals surface area contributed by atoms with E-state index in [2.05, 4.69) is 20.1 Å². The summed E-state index contributed by atoms with van der Waals surface area (Å²) in [7, 11) is 0. The van der Waals surface area contributed by atoms with E-state index in [0.717, 1.165) is 36.9 Å². The first-order chi connectivity index (χ1) is 12.6. The molecule has 3 rings (SSSR count). The molecule has 7 heteroatoms. The fourth-order valence-corrected chi connectivity index (χ4v) is 3.76. The SMILES string of the molecule is CC(=O)[C@@H](Cc1ccccc1)NC(=O)CN1CCN(c2nccs2)CC1. The number of benzene rings is 1. The molecule has 138 valence electrons. The molecule has 1 aromatic carbocycles. The van der Waals surface area contributed by atoms with E-state index in [4.69, 9.17) is 0 Å². The van der Waals surface area contributed by atoms with Crippen LogP contribution in [0.2, 0.25) is 0 Å². The largest absolute Gasteiger partial charge is 0.346 e. The molecule has 6 nitrogen and oxygen atoms in total. The Kier molecular flexibility index (Phi) is 6.35. The van der Waals surface area contributed by atoms with Crippen molar-refractivity contribution in [3.05, 3.63) is 47.5 Å². The second kappa shape index (κ2) is 8.91. The van der Waals surface area contributed by atoms with Gasteiger partial charge in [0.1, 0.15) is 0 Å². The number of thiazole rings is 1. The number of amides is 1. The predicted molar refractivity (Wildman–Crippen MR) is 104 cm³/mol. The number of nitrogens with zero attached hydrogens (tertiary/aromatic N) is 3. The lowest BCUT2D eigenvalue weighted by atomic mass is 10.0. The van der Waals surface area contributed by atoms with E-state index in [-0.39, 0.29) is 11.7 Å². The standard InChI is InChI=1S/C19H24N4O2S/c1-15(24)17(13-16-5-3-2-4-6-16)21-18(25)14-22-8-10-23(11-9-22)19-20-7-12-26-19/h2-7,12,17H,8-11,13-14H2,1H3,(H,21,25)/t17-/m1/s1. The van der Waals surface area contributed by atoms with E-state index in [9.17, 15) is 9.59 Å². The van der Waals surface area contributed by atoms with Crippen molar-refractivity contribution in [2.75, 3.05) is 37.6 Å². The molecule has 1 aliphatic heterocycles. The van der Waals surface area contributed by atoms with E-state index in [1.165, 1.54) is 6.92 Å². The van der Waals surface area contributed by atoms with Gasteiger partial charge in [-0.2, -0.15) is 0 Å². The number of hydrogen-bond donors (Lipinski definition) is 1. The Morgan fingerprint density at radius 1 is 1.19 bits per heavy atom. The number of nitrogens with one attached hydrogen (secondary N) is 1. The van der Waals surface area contributed by atoms with Gasteiger partial charge in [0, 0.05) is 37.8 Å². The van der Waals surface area contributed by atoms with Crippen LogP contribution in [0.5, 0.6) is 0 Å². The quantitative estimate of drug-likeness (QED) is 0.799. The lowest BCUT2D eigenvalue weighted by molar-refractivity contribution is -0.127. The topological polar surface area (TPSA) is 65.5 Å². The zero-order chi connectivity index (χ0) is 18.4. The average Bonchev–Trinajstić information content (AvgIpc) is 3.17. The van der Waals surface area contributed by atoms with E-state index in [0.29, 0.717) is 13.0 Å². The molecule has 2 heterocycles. The summed E-state index contributed by atoms with van der Waals surface area (Å²) in [5.41, 5.74) is 1.05. The normalized spacial score (nSPS) is 16.3. The number of rotatable bonds is 7. The van der Waals surface area contributed by atoms with E-state index >= 15 is 0 Å². The molecule has 26 heavy (non-hydrogen) atoms. The minimum Gasteiger partial charge on any atom is -0.346 e. The Bertz CT molecular complexity index is 712. The van der Waals surface area contributed by atoms with E-state index in [1.54, 1.807) is 11.3 Å². The van der Waals surface area contributed by atoms with Crippen molar-refractivity contribution in [3.63, 3.8) is 0 Å².